The Morgan fingerprint density at radius 2 is 1.74 bits per heavy atom. The summed E-state index contributed by atoms with van der Waals surface area (Å²) in [5.74, 6) is 1.32. The van der Waals surface area contributed by atoms with E-state index in [1.807, 2.05) is 13.0 Å². The van der Waals surface area contributed by atoms with Gasteiger partial charge in [-0.1, -0.05) is 25.5 Å². The average Bonchev–Trinajstić information content (AvgIpc) is 3.38. The largest absolute Gasteiger partial charge is 0.496 e. The normalized spacial score (nSPS) is 24.3. The van der Waals surface area contributed by atoms with Crippen LogP contribution in [0, 0.1) is 17.3 Å². The van der Waals surface area contributed by atoms with Crippen LogP contribution in [-0.2, 0) is 4.79 Å². The summed E-state index contributed by atoms with van der Waals surface area (Å²) in [5, 5.41) is 10.0. The summed E-state index contributed by atoms with van der Waals surface area (Å²) < 4.78 is 16.6. The predicted molar refractivity (Wildman–Crippen MR) is 122 cm³/mol. The lowest BCUT2D eigenvalue weighted by molar-refractivity contribution is -0.142. The maximum atomic E-state index is 12.2. The molecule has 172 valence electrons. The molecule has 1 aromatic carbocycles. The van der Waals surface area contributed by atoms with Gasteiger partial charge in [0.25, 0.3) is 0 Å². The molecule has 1 N–H and O–H groups in total. The van der Waals surface area contributed by atoms with Crippen molar-refractivity contribution in [2.45, 2.75) is 70.6 Å². The first-order valence-electron chi connectivity index (χ1n) is 11.6. The van der Waals surface area contributed by atoms with Crippen molar-refractivity contribution < 1.29 is 24.1 Å². The lowest BCUT2D eigenvalue weighted by Crippen LogP contribution is -2.22. The van der Waals surface area contributed by atoms with E-state index in [0.29, 0.717) is 35.5 Å². The molecule has 2 aliphatic rings. The van der Waals surface area contributed by atoms with Gasteiger partial charge in [0.2, 0.25) is 0 Å². The number of carboxylic acids is 1. The highest BCUT2D eigenvalue weighted by Gasteiger charge is 2.43. The molecule has 2 unspecified atom stereocenters. The van der Waals surface area contributed by atoms with E-state index in [0.717, 1.165) is 24.3 Å². The van der Waals surface area contributed by atoms with Gasteiger partial charge in [-0.25, -0.2) is 0 Å². The van der Waals surface area contributed by atoms with E-state index in [4.69, 9.17) is 14.2 Å². The van der Waals surface area contributed by atoms with Gasteiger partial charge in [-0.2, -0.15) is 0 Å². The average molecular weight is 431 g/mol. The van der Waals surface area contributed by atoms with Crippen LogP contribution >= 0.6 is 0 Å². The Hall–Kier alpha value is -2.17. The fraction of sp³-hybridized carbons (Fsp3) is 0.654. The Bertz CT molecular complexity index is 776. The number of methoxy groups -OCH3 is 3. The SMILES string of the molecule is CCCC(C(=O)O)C(CC=CCC12CCC(CC1)C2)c1cc(OC)c(OC)cc1OC. The van der Waals surface area contributed by atoms with E-state index in [1.165, 1.54) is 32.1 Å². The van der Waals surface area contributed by atoms with Crippen molar-refractivity contribution in [2.24, 2.45) is 17.3 Å². The van der Waals surface area contributed by atoms with Crippen LogP contribution in [0.15, 0.2) is 24.3 Å². The zero-order valence-corrected chi connectivity index (χ0v) is 19.5. The lowest BCUT2D eigenvalue weighted by Gasteiger charge is -2.27. The summed E-state index contributed by atoms with van der Waals surface area (Å²) >= 11 is 0. The molecule has 0 aromatic heterocycles. The van der Waals surface area contributed by atoms with Crippen LogP contribution in [0.1, 0.15) is 76.2 Å². The van der Waals surface area contributed by atoms with E-state index in [2.05, 4.69) is 12.2 Å². The quantitative estimate of drug-likeness (QED) is 0.399. The first-order chi connectivity index (χ1) is 15.0. The fourth-order valence-corrected chi connectivity index (χ4v) is 5.83. The molecule has 31 heavy (non-hydrogen) atoms. The topological polar surface area (TPSA) is 65.0 Å². The van der Waals surface area contributed by atoms with Crippen LogP contribution < -0.4 is 14.2 Å². The molecule has 2 atom stereocenters. The maximum absolute atomic E-state index is 12.2. The van der Waals surface area contributed by atoms with Crippen LogP contribution in [0.5, 0.6) is 17.2 Å². The monoisotopic (exact) mass is 430 g/mol. The Morgan fingerprint density at radius 1 is 1.10 bits per heavy atom. The molecule has 1 aromatic rings. The number of allylic oxidation sites excluding steroid dienone is 2. The minimum Gasteiger partial charge on any atom is -0.496 e. The van der Waals surface area contributed by atoms with Gasteiger partial charge in [-0.15, -0.1) is 0 Å². The number of carbonyl (C=O) groups is 1. The molecule has 3 rings (SSSR count). The summed E-state index contributed by atoms with van der Waals surface area (Å²) in [4.78, 5) is 12.2. The molecule has 0 spiro atoms. The van der Waals surface area contributed by atoms with Crippen molar-refractivity contribution >= 4 is 5.97 Å². The molecule has 0 saturated heterocycles. The second-order valence-corrected chi connectivity index (χ2v) is 9.35. The number of hydrogen-bond donors (Lipinski definition) is 1. The predicted octanol–water partition coefficient (Wildman–Crippen LogP) is 6.21. The Labute approximate surface area is 186 Å². The highest BCUT2D eigenvalue weighted by atomic mass is 16.5. The van der Waals surface area contributed by atoms with E-state index >= 15 is 0 Å². The van der Waals surface area contributed by atoms with Crippen LogP contribution in [-0.4, -0.2) is 32.4 Å². The molecular weight excluding hydrogens is 392 g/mol. The zero-order chi connectivity index (χ0) is 22.4. The molecular formula is C26H38O5. The smallest absolute Gasteiger partial charge is 0.307 e. The van der Waals surface area contributed by atoms with Crippen molar-refractivity contribution in [2.75, 3.05) is 21.3 Å². The van der Waals surface area contributed by atoms with Crippen molar-refractivity contribution in [1.29, 1.82) is 0 Å². The van der Waals surface area contributed by atoms with Crippen molar-refractivity contribution in [1.82, 2.24) is 0 Å². The Balaban J connectivity index is 1.87. The van der Waals surface area contributed by atoms with Gasteiger partial charge < -0.3 is 19.3 Å². The van der Waals surface area contributed by atoms with E-state index in [1.54, 1.807) is 27.4 Å². The summed E-state index contributed by atoms with van der Waals surface area (Å²) in [6.07, 6.45) is 14.6. The molecule has 0 aliphatic heterocycles. The molecule has 2 aliphatic carbocycles. The number of carboxylic acid groups (broad SMARTS) is 1. The third kappa shape index (κ3) is 5.19. The highest BCUT2D eigenvalue weighted by molar-refractivity contribution is 5.72. The number of fused-ring (bicyclic) bond motifs is 2. The molecule has 0 heterocycles. The standard InChI is InChI=1S/C26H38O5/c1-5-8-20(25(27)28)19(9-6-7-12-26-13-10-18(17-26)11-14-26)21-15-23(30-3)24(31-4)16-22(21)29-2/h6-7,15-16,18-20H,5,8-14,17H2,1-4H3,(H,27,28). The molecule has 5 heteroatoms. The zero-order valence-electron chi connectivity index (χ0n) is 19.5. The minimum absolute atomic E-state index is 0.194. The third-order valence-electron chi connectivity index (χ3n) is 7.53. The van der Waals surface area contributed by atoms with Gasteiger partial charge >= 0.3 is 5.97 Å². The Kier molecular flexibility index (Phi) is 7.90. The number of hydrogen-bond acceptors (Lipinski definition) is 4. The van der Waals surface area contributed by atoms with Crippen LogP contribution in [0.2, 0.25) is 0 Å². The van der Waals surface area contributed by atoms with Crippen LogP contribution in [0.25, 0.3) is 0 Å². The van der Waals surface area contributed by atoms with Gasteiger partial charge in [0.05, 0.1) is 27.2 Å². The molecule has 0 radical (unpaired) electrons. The number of rotatable bonds is 12. The van der Waals surface area contributed by atoms with Crippen molar-refractivity contribution in [3.8, 4) is 17.2 Å². The van der Waals surface area contributed by atoms with Gasteiger partial charge in [-0.05, 0) is 68.8 Å². The van der Waals surface area contributed by atoms with E-state index in [9.17, 15) is 9.90 Å². The van der Waals surface area contributed by atoms with Crippen molar-refractivity contribution in [3.63, 3.8) is 0 Å². The maximum Gasteiger partial charge on any atom is 0.307 e. The van der Waals surface area contributed by atoms with Crippen LogP contribution in [0.4, 0.5) is 0 Å². The first-order valence-corrected chi connectivity index (χ1v) is 11.6. The van der Waals surface area contributed by atoms with E-state index in [-0.39, 0.29) is 5.92 Å². The third-order valence-corrected chi connectivity index (χ3v) is 7.53. The summed E-state index contributed by atoms with van der Waals surface area (Å²) in [5.41, 5.74) is 1.37. The lowest BCUT2D eigenvalue weighted by atomic mass is 9.79. The van der Waals surface area contributed by atoms with Crippen molar-refractivity contribution in [3.05, 3.63) is 29.8 Å². The van der Waals surface area contributed by atoms with Gasteiger partial charge in [0, 0.05) is 17.5 Å². The second-order valence-electron chi connectivity index (χ2n) is 9.35. The summed E-state index contributed by atoms with van der Waals surface area (Å²) in [6, 6.07) is 3.69. The highest BCUT2D eigenvalue weighted by Crippen LogP contribution is 2.56. The molecule has 2 bridgehead atoms. The number of ether oxygens (including phenoxy) is 3. The van der Waals surface area contributed by atoms with Gasteiger partial charge in [0.1, 0.15) is 5.75 Å². The van der Waals surface area contributed by atoms with Gasteiger partial charge in [-0.3, -0.25) is 4.79 Å². The van der Waals surface area contributed by atoms with Crippen LogP contribution in [0.3, 0.4) is 0 Å². The minimum atomic E-state index is -0.759. The fourth-order valence-electron chi connectivity index (χ4n) is 5.83. The molecule has 2 fully saturated rings. The summed E-state index contributed by atoms with van der Waals surface area (Å²) in [7, 11) is 4.80. The summed E-state index contributed by atoms with van der Waals surface area (Å²) in [6.45, 7) is 2.03. The number of aliphatic carboxylic acids is 1. The molecule has 5 nitrogen and oxygen atoms in total. The van der Waals surface area contributed by atoms with Gasteiger partial charge in [0.15, 0.2) is 11.5 Å². The molecule has 2 saturated carbocycles. The second kappa shape index (κ2) is 10.4. The number of benzene rings is 1. The van der Waals surface area contributed by atoms with E-state index < -0.39 is 11.9 Å². The Morgan fingerprint density at radius 3 is 2.26 bits per heavy atom. The first kappa shape index (κ1) is 23.5. The molecule has 0 amide bonds.